The summed E-state index contributed by atoms with van der Waals surface area (Å²) in [6, 6.07) is -0.740. The second kappa shape index (κ2) is 6.53. The summed E-state index contributed by atoms with van der Waals surface area (Å²) in [5, 5.41) is 2.49. The summed E-state index contributed by atoms with van der Waals surface area (Å²) >= 11 is 0. The first kappa shape index (κ1) is 13.9. The zero-order valence-electron chi connectivity index (χ0n) is 10.2. The minimum Gasteiger partial charge on any atom is -0.346 e. The van der Waals surface area contributed by atoms with Crippen LogP contribution in [0.3, 0.4) is 0 Å². The molecule has 1 aliphatic heterocycles. The third-order valence-corrected chi connectivity index (χ3v) is 2.86. The molecule has 1 atom stereocenters. The lowest BCUT2D eigenvalue weighted by Gasteiger charge is -2.32. The van der Waals surface area contributed by atoms with E-state index in [0.717, 1.165) is 13.1 Å². The van der Waals surface area contributed by atoms with Crippen LogP contribution in [0.2, 0.25) is 0 Å². The number of piperazine rings is 1. The third kappa shape index (κ3) is 4.29. The van der Waals surface area contributed by atoms with Crippen molar-refractivity contribution in [2.24, 2.45) is 11.5 Å². The second-order valence-corrected chi connectivity index (χ2v) is 4.24. The van der Waals surface area contributed by atoms with Crippen LogP contribution in [0.25, 0.3) is 0 Å². The predicted molar refractivity (Wildman–Crippen MR) is 64.1 cm³/mol. The second-order valence-electron chi connectivity index (χ2n) is 4.24. The van der Waals surface area contributed by atoms with Crippen molar-refractivity contribution in [2.75, 3.05) is 46.3 Å². The number of nitrogens with one attached hydrogen (secondary N) is 1. The standard InChI is InChI=1S/C10H21N5O2/c1-14-2-4-15(5-3-14)9(16)7-13-10(17)8(12)6-11/h8H,2-7,11-12H2,1H3,(H,13,17). The Morgan fingerprint density at radius 3 is 2.41 bits per heavy atom. The number of hydrogen-bond donors (Lipinski definition) is 3. The molecule has 98 valence electrons. The summed E-state index contributed by atoms with van der Waals surface area (Å²) in [6.45, 7) is 3.21. The fraction of sp³-hybridized carbons (Fsp3) is 0.800. The molecule has 0 aromatic heterocycles. The Morgan fingerprint density at radius 1 is 1.29 bits per heavy atom. The number of likely N-dealkylation sites (N-methyl/N-ethyl adjacent to an activating group) is 1. The van der Waals surface area contributed by atoms with Crippen molar-refractivity contribution in [3.63, 3.8) is 0 Å². The number of hydrogen-bond acceptors (Lipinski definition) is 5. The van der Waals surface area contributed by atoms with Crippen molar-refractivity contribution >= 4 is 11.8 Å². The first-order chi connectivity index (χ1) is 8.04. The average Bonchev–Trinajstić information content (AvgIpc) is 2.35. The molecule has 0 saturated carbocycles. The van der Waals surface area contributed by atoms with Crippen molar-refractivity contribution in [3.8, 4) is 0 Å². The first-order valence-electron chi connectivity index (χ1n) is 5.74. The van der Waals surface area contributed by atoms with Crippen LogP contribution in [0.5, 0.6) is 0 Å². The van der Waals surface area contributed by atoms with E-state index in [0.29, 0.717) is 13.1 Å². The summed E-state index contributed by atoms with van der Waals surface area (Å²) in [4.78, 5) is 27.0. The molecule has 2 amide bonds. The average molecular weight is 243 g/mol. The maximum absolute atomic E-state index is 11.7. The first-order valence-corrected chi connectivity index (χ1v) is 5.74. The van der Waals surface area contributed by atoms with E-state index in [-0.39, 0.29) is 24.9 Å². The number of rotatable bonds is 4. The number of carbonyl (C=O) groups excluding carboxylic acids is 2. The minimum absolute atomic E-state index is 0.00372. The van der Waals surface area contributed by atoms with Crippen LogP contribution >= 0.6 is 0 Å². The molecule has 17 heavy (non-hydrogen) atoms. The Bertz CT molecular complexity index is 276. The molecule has 1 fully saturated rings. The molecule has 1 unspecified atom stereocenters. The molecule has 0 aromatic rings. The highest BCUT2D eigenvalue weighted by Gasteiger charge is 2.20. The predicted octanol–water partition coefficient (Wildman–Crippen LogP) is -2.84. The van der Waals surface area contributed by atoms with Crippen LogP contribution in [0.1, 0.15) is 0 Å². The topological polar surface area (TPSA) is 105 Å². The van der Waals surface area contributed by atoms with Crippen molar-refractivity contribution in [2.45, 2.75) is 6.04 Å². The van der Waals surface area contributed by atoms with Gasteiger partial charge >= 0.3 is 0 Å². The SMILES string of the molecule is CN1CCN(C(=O)CNC(=O)C(N)CN)CC1. The lowest BCUT2D eigenvalue weighted by Crippen LogP contribution is -2.52. The fourth-order valence-electron chi connectivity index (χ4n) is 1.57. The number of nitrogens with two attached hydrogens (primary N) is 2. The van der Waals surface area contributed by atoms with Gasteiger partial charge < -0.3 is 26.6 Å². The minimum atomic E-state index is -0.740. The van der Waals surface area contributed by atoms with Gasteiger partial charge in [0.2, 0.25) is 11.8 Å². The Hall–Kier alpha value is -1.18. The maximum Gasteiger partial charge on any atom is 0.242 e. The number of carbonyl (C=O) groups is 2. The Morgan fingerprint density at radius 2 is 1.88 bits per heavy atom. The molecule has 0 bridgehead atoms. The summed E-state index contributed by atoms with van der Waals surface area (Å²) in [5.41, 5.74) is 10.7. The molecule has 0 aromatic carbocycles. The van der Waals surface area contributed by atoms with Crippen LogP contribution in [0, 0.1) is 0 Å². The number of amides is 2. The molecule has 0 spiro atoms. The van der Waals surface area contributed by atoms with E-state index in [4.69, 9.17) is 11.5 Å². The van der Waals surface area contributed by atoms with Crippen LogP contribution in [0.15, 0.2) is 0 Å². The van der Waals surface area contributed by atoms with Crippen LogP contribution < -0.4 is 16.8 Å². The van der Waals surface area contributed by atoms with E-state index in [2.05, 4.69) is 10.2 Å². The molecular formula is C10H21N5O2. The lowest BCUT2D eigenvalue weighted by molar-refractivity contribution is -0.134. The van der Waals surface area contributed by atoms with E-state index in [1.807, 2.05) is 7.05 Å². The summed E-state index contributed by atoms with van der Waals surface area (Å²) in [6.07, 6.45) is 0. The van der Waals surface area contributed by atoms with Gasteiger partial charge in [-0.15, -0.1) is 0 Å². The van der Waals surface area contributed by atoms with Crippen molar-refractivity contribution in [1.29, 1.82) is 0 Å². The third-order valence-electron chi connectivity index (χ3n) is 2.86. The molecule has 1 rings (SSSR count). The normalized spacial score (nSPS) is 18.9. The van der Waals surface area contributed by atoms with Crippen LogP contribution in [-0.4, -0.2) is 74.0 Å². The number of nitrogens with zero attached hydrogens (tertiary/aromatic N) is 2. The van der Waals surface area contributed by atoms with Gasteiger partial charge in [0.05, 0.1) is 12.6 Å². The van der Waals surface area contributed by atoms with Crippen molar-refractivity contribution < 1.29 is 9.59 Å². The molecule has 7 nitrogen and oxygen atoms in total. The molecule has 5 N–H and O–H groups in total. The molecule has 0 aliphatic carbocycles. The van der Waals surface area contributed by atoms with Crippen molar-refractivity contribution in [1.82, 2.24) is 15.1 Å². The van der Waals surface area contributed by atoms with E-state index >= 15 is 0 Å². The van der Waals surface area contributed by atoms with E-state index in [1.54, 1.807) is 4.90 Å². The van der Waals surface area contributed by atoms with Gasteiger partial charge in [-0.25, -0.2) is 0 Å². The van der Waals surface area contributed by atoms with E-state index in [9.17, 15) is 9.59 Å². The summed E-state index contributed by atoms with van der Waals surface area (Å²) in [7, 11) is 2.02. The summed E-state index contributed by atoms with van der Waals surface area (Å²) < 4.78 is 0. The van der Waals surface area contributed by atoms with Crippen molar-refractivity contribution in [3.05, 3.63) is 0 Å². The Labute approximate surface area is 101 Å². The van der Waals surface area contributed by atoms with E-state index in [1.165, 1.54) is 0 Å². The zero-order chi connectivity index (χ0) is 12.8. The Balaban J connectivity index is 2.27. The zero-order valence-corrected chi connectivity index (χ0v) is 10.2. The van der Waals surface area contributed by atoms with Gasteiger partial charge in [-0.2, -0.15) is 0 Å². The molecule has 7 heteroatoms. The molecule has 1 heterocycles. The maximum atomic E-state index is 11.7. The van der Waals surface area contributed by atoms with Gasteiger partial charge in [0.25, 0.3) is 0 Å². The fourth-order valence-corrected chi connectivity index (χ4v) is 1.57. The van der Waals surface area contributed by atoms with Gasteiger partial charge in [0, 0.05) is 32.7 Å². The van der Waals surface area contributed by atoms with Crippen LogP contribution in [-0.2, 0) is 9.59 Å². The molecule has 1 aliphatic rings. The van der Waals surface area contributed by atoms with Gasteiger partial charge in [-0.3, -0.25) is 9.59 Å². The molecule has 1 saturated heterocycles. The monoisotopic (exact) mass is 243 g/mol. The highest BCUT2D eigenvalue weighted by atomic mass is 16.2. The highest BCUT2D eigenvalue weighted by molar-refractivity contribution is 5.87. The van der Waals surface area contributed by atoms with Crippen LogP contribution in [0.4, 0.5) is 0 Å². The quantitative estimate of drug-likeness (QED) is 0.493. The van der Waals surface area contributed by atoms with Gasteiger partial charge in [0.1, 0.15) is 0 Å². The smallest absolute Gasteiger partial charge is 0.242 e. The van der Waals surface area contributed by atoms with Gasteiger partial charge in [-0.05, 0) is 7.05 Å². The lowest BCUT2D eigenvalue weighted by atomic mass is 10.3. The Kier molecular flexibility index (Phi) is 5.33. The van der Waals surface area contributed by atoms with E-state index < -0.39 is 6.04 Å². The van der Waals surface area contributed by atoms with Gasteiger partial charge in [0.15, 0.2) is 0 Å². The largest absolute Gasteiger partial charge is 0.346 e. The highest BCUT2D eigenvalue weighted by Crippen LogP contribution is 1.98. The molecule has 0 radical (unpaired) electrons. The molecular weight excluding hydrogens is 222 g/mol. The van der Waals surface area contributed by atoms with Gasteiger partial charge in [-0.1, -0.05) is 0 Å². The summed E-state index contributed by atoms with van der Waals surface area (Å²) in [5.74, 6) is -0.453.